The Morgan fingerprint density at radius 1 is 1.10 bits per heavy atom. The van der Waals surface area contributed by atoms with Gasteiger partial charge in [-0.2, -0.15) is 10.2 Å². The van der Waals surface area contributed by atoms with E-state index in [-0.39, 0.29) is 31.2 Å². The Hall–Kier alpha value is -3.35. The Bertz CT molecular complexity index is 1480. The van der Waals surface area contributed by atoms with Crippen LogP contribution in [0.4, 0.5) is 5.69 Å². The normalized spacial score (nSPS) is 16.8. The van der Waals surface area contributed by atoms with E-state index in [1.54, 1.807) is 39.0 Å². The molecule has 0 aliphatic heterocycles. The van der Waals surface area contributed by atoms with Gasteiger partial charge in [-0.3, -0.25) is 18.8 Å². The van der Waals surface area contributed by atoms with Crippen LogP contribution in [0.15, 0.2) is 36.5 Å². The van der Waals surface area contributed by atoms with E-state index < -0.39 is 19.8 Å². The van der Waals surface area contributed by atoms with Crippen molar-refractivity contribution >= 4 is 25.3 Å². The number of phosphoric ester groups is 1. The largest absolute Gasteiger partial charge is 0.471 e. The molecule has 2 aromatic heterocycles. The molecular formula is C28H37N6O7P. The molecule has 2 heterocycles. The molecule has 13 nitrogen and oxygen atoms in total. The highest BCUT2D eigenvalue weighted by molar-refractivity contribution is 7.46. The quantitative estimate of drug-likeness (QED) is 0.184. The average molecular weight is 601 g/mol. The summed E-state index contributed by atoms with van der Waals surface area (Å²) in [6, 6.07) is 7.70. The lowest BCUT2D eigenvalue weighted by Gasteiger charge is -2.28. The van der Waals surface area contributed by atoms with Gasteiger partial charge in [0.2, 0.25) is 5.91 Å². The summed E-state index contributed by atoms with van der Waals surface area (Å²) in [7, 11) is -4.64. The van der Waals surface area contributed by atoms with Crippen molar-refractivity contribution in [3.63, 3.8) is 0 Å². The van der Waals surface area contributed by atoms with Gasteiger partial charge < -0.3 is 25.5 Å². The number of benzene rings is 1. The van der Waals surface area contributed by atoms with Crippen molar-refractivity contribution < 1.29 is 33.6 Å². The second-order valence-electron chi connectivity index (χ2n) is 11.3. The van der Waals surface area contributed by atoms with Crippen LogP contribution in [0.2, 0.25) is 0 Å². The summed E-state index contributed by atoms with van der Waals surface area (Å²) >= 11 is 0. The lowest BCUT2D eigenvalue weighted by Crippen LogP contribution is -2.50. The van der Waals surface area contributed by atoms with Crippen molar-refractivity contribution in [2.45, 2.75) is 65.3 Å². The van der Waals surface area contributed by atoms with Crippen molar-refractivity contribution in [1.82, 2.24) is 24.9 Å². The van der Waals surface area contributed by atoms with E-state index in [1.807, 2.05) is 12.1 Å². The first-order valence-corrected chi connectivity index (χ1v) is 15.6. The molecule has 0 radical (unpaired) electrons. The van der Waals surface area contributed by atoms with E-state index in [0.717, 1.165) is 36.8 Å². The number of anilines is 1. The zero-order chi connectivity index (χ0) is 30.2. The van der Waals surface area contributed by atoms with Gasteiger partial charge in [-0.05, 0) is 88.0 Å². The van der Waals surface area contributed by atoms with Crippen molar-refractivity contribution in [2.24, 2.45) is 17.8 Å². The predicted octanol–water partition coefficient (Wildman–Crippen LogP) is 3.16. The van der Waals surface area contributed by atoms with Crippen molar-refractivity contribution in [2.75, 3.05) is 11.9 Å². The van der Waals surface area contributed by atoms with Crippen molar-refractivity contribution in [3.05, 3.63) is 53.6 Å². The predicted molar refractivity (Wildman–Crippen MR) is 153 cm³/mol. The molecule has 0 bridgehead atoms. The fourth-order valence-electron chi connectivity index (χ4n) is 5.68. The van der Waals surface area contributed by atoms with Crippen molar-refractivity contribution in [3.8, 4) is 11.1 Å². The number of amides is 2. The minimum atomic E-state index is -4.64. The SMILES string of the molecule is Cc1nn(COP(=O)(O)O)c(C)c1-c1ccc(NC(=O)[C@@H](NC(=O)c2ccnn2C(C)CO)C(C2CC2)C2CC2)cc1. The Morgan fingerprint density at radius 3 is 2.31 bits per heavy atom. The van der Waals surface area contributed by atoms with Crippen LogP contribution in [0.5, 0.6) is 0 Å². The zero-order valence-corrected chi connectivity index (χ0v) is 24.7. The van der Waals surface area contributed by atoms with Crippen LogP contribution in [0, 0.1) is 31.6 Å². The van der Waals surface area contributed by atoms with Gasteiger partial charge in [0.1, 0.15) is 11.7 Å². The molecule has 1 unspecified atom stereocenters. The van der Waals surface area contributed by atoms with Gasteiger partial charge in [0.05, 0.1) is 18.3 Å². The minimum absolute atomic E-state index is 0.0476. The van der Waals surface area contributed by atoms with E-state index in [0.29, 0.717) is 34.6 Å². The molecule has 2 fully saturated rings. The highest BCUT2D eigenvalue weighted by Gasteiger charge is 2.48. The molecule has 0 spiro atoms. The minimum Gasteiger partial charge on any atom is -0.394 e. The van der Waals surface area contributed by atoms with E-state index in [9.17, 15) is 19.3 Å². The topological polar surface area (TPSA) is 181 Å². The first-order chi connectivity index (χ1) is 20.0. The summed E-state index contributed by atoms with van der Waals surface area (Å²) < 4.78 is 18.6. The molecule has 2 atom stereocenters. The number of aromatic nitrogens is 4. The Kier molecular flexibility index (Phi) is 8.68. The van der Waals surface area contributed by atoms with E-state index in [2.05, 4.69) is 25.4 Å². The van der Waals surface area contributed by atoms with Gasteiger partial charge in [0.15, 0.2) is 6.73 Å². The number of aryl methyl sites for hydroxylation is 1. The van der Waals surface area contributed by atoms with Crippen LogP contribution in [-0.4, -0.2) is 58.9 Å². The zero-order valence-electron chi connectivity index (χ0n) is 23.8. The Labute approximate surface area is 243 Å². The second kappa shape index (κ2) is 12.1. The fraction of sp³-hybridized carbons (Fsp3) is 0.500. The summed E-state index contributed by atoms with van der Waals surface area (Å²) in [4.78, 5) is 45.2. The molecule has 2 aliphatic carbocycles. The van der Waals surface area contributed by atoms with Gasteiger partial charge in [-0.1, -0.05) is 12.1 Å². The third-order valence-corrected chi connectivity index (χ3v) is 8.49. The van der Waals surface area contributed by atoms with Crippen LogP contribution in [0.25, 0.3) is 11.1 Å². The summed E-state index contributed by atoms with van der Waals surface area (Å²) in [6.45, 7) is 4.78. The molecule has 3 aromatic rings. The molecule has 0 saturated heterocycles. The van der Waals surface area contributed by atoms with Gasteiger partial charge in [0, 0.05) is 23.1 Å². The summed E-state index contributed by atoms with van der Waals surface area (Å²) in [6.07, 6.45) is 5.68. The Morgan fingerprint density at radius 2 is 1.74 bits per heavy atom. The van der Waals surface area contributed by atoms with E-state index in [1.165, 1.54) is 15.6 Å². The second-order valence-corrected chi connectivity index (χ2v) is 12.5. The first-order valence-electron chi connectivity index (χ1n) is 14.1. The highest BCUT2D eigenvalue weighted by Crippen LogP contribution is 2.51. The summed E-state index contributed by atoms with van der Waals surface area (Å²) in [5, 5.41) is 24.1. The number of carbonyl (C=O) groups excluding carboxylic acids is 2. The van der Waals surface area contributed by atoms with Gasteiger partial charge in [0.25, 0.3) is 5.91 Å². The fourth-order valence-corrected chi connectivity index (χ4v) is 5.94. The third-order valence-electron chi connectivity index (χ3n) is 8.04. The number of nitrogens with one attached hydrogen (secondary N) is 2. The molecule has 14 heteroatoms. The van der Waals surface area contributed by atoms with Gasteiger partial charge in [-0.25, -0.2) is 9.25 Å². The van der Waals surface area contributed by atoms with Crippen LogP contribution in [0.3, 0.4) is 0 Å². The monoisotopic (exact) mass is 600 g/mol. The number of phosphoric acid groups is 1. The van der Waals surface area contributed by atoms with Crippen LogP contribution >= 0.6 is 7.82 Å². The molecule has 1 aromatic carbocycles. The highest BCUT2D eigenvalue weighted by atomic mass is 31.2. The van der Waals surface area contributed by atoms with Crippen LogP contribution < -0.4 is 10.6 Å². The van der Waals surface area contributed by atoms with Crippen LogP contribution in [-0.2, 0) is 20.6 Å². The molecule has 226 valence electrons. The van der Waals surface area contributed by atoms with Gasteiger partial charge >= 0.3 is 7.82 Å². The number of rotatable bonds is 13. The number of hydrogen-bond donors (Lipinski definition) is 5. The number of carbonyl (C=O) groups is 2. The average Bonchev–Trinajstić information content (AvgIpc) is 3.88. The molecule has 2 amide bonds. The maximum Gasteiger partial charge on any atom is 0.471 e. The number of hydrogen-bond acceptors (Lipinski definition) is 7. The van der Waals surface area contributed by atoms with E-state index >= 15 is 0 Å². The number of nitrogens with zero attached hydrogens (tertiary/aromatic N) is 4. The van der Waals surface area contributed by atoms with Crippen LogP contribution in [0.1, 0.15) is 60.5 Å². The summed E-state index contributed by atoms with van der Waals surface area (Å²) in [5.74, 6) is 0.158. The molecular weight excluding hydrogens is 563 g/mol. The number of aliphatic hydroxyl groups is 1. The summed E-state index contributed by atoms with van der Waals surface area (Å²) in [5.41, 5.74) is 3.81. The first kappa shape index (κ1) is 30.1. The molecule has 42 heavy (non-hydrogen) atoms. The molecule has 5 N–H and O–H groups in total. The van der Waals surface area contributed by atoms with Crippen molar-refractivity contribution in [1.29, 1.82) is 0 Å². The molecule has 2 aliphatic rings. The standard InChI is InChI=1S/C28H37N6O7P/c1-16(14-35)34-23(12-13-29-34)27(36)31-26(25(20-4-5-20)21-6-7-21)28(37)30-22-10-8-19(9-11-22)24-17(2)32-33(18(24)3)15-41-42(38,39)40/h8-13,16,20-21,25-26,35H,4-7,14-15H2,1-3H3,(H,30,37)(H,31,36)(H2,38,39,40)/t16?,26-/m0/s1. The van der Waals surface area contributed by atoms with E-state index in [4.69, 9.17) is 9.79 Å². The molecule has 5 rings (SSSR count). The lowest BCUT2D eigenvalue weighted by molar-refractivity contribution is -0.119. The smallest absolute Gasteiger partial charge is 0.394 e. The maximum atomic E-state index is 13.7. The van der Waals surface area contributed by atoms with Gasteiger partial charge in [-0.15, -0.1) is 0 Å². The molecule has 2 saturated carbocycles. The number of aliphatic hydroxyl groups excluding tert-OH is 1. The maximum absolute atomic E-state index is 13.7. The third kappa shape index (κ3) is 6.82. The Balaban J connectivity index is 1.33. The lowest BCUT2D eigenvalue weighted by atomic mass is 9.88.